The summed E-state index contributed by atoms with van der Waals surface area (Å²) in [6.07, 6.45) is 7.66. The highest BCUT2D eigenvalue weighted by atomic mass is 32.1. The predicted octanol–water partition coefficient (Wildman–Crippen LogP) is 6.05. The van der Waals surface area contributed by atoms with Crippen LogP contribution in [0.4, 0.5) is 8.78 Å². The molecule has 0 aromatic carbocycles. The molecule has 1 N–H and O–H groups in total. The number of nitrogens with zero attached hydrogens (tertiary/aromatic N) is 5. The van der Waals surface area contributed by atoms with Gasteiger partial charge >= 0.3 is 0 Å². The highest BCUT2D eigenvalue weighted by molar-refractivity contribution is 7.18. The third-order valence-electron chi connectivity index (χ3n) is 7.81. The van der Waals surface area contributed by atoms with E-state index in [0.717, 1.165) is 58.5 Å². The van der Waals surface area contributed by atoms with Crippen LogP contribution < -0.4 is 0 Å². The molecule has 0 amide bonds. The number of aromatic amines is 1. The molecule has 2 fully saturated rings. The van der Waals surface area contributed by atoms with Crippen molar-refractivity contribution in [2.24, 2.45) is 0 Å². The first-order valence-corrected chi connectivity index (χ1v) is 13.0. The van der Waals surface area contributed by atoms with E-state index < -0.39 is 5.92 Å². The van der Waals surface area contributed by atoms with Gasteiger partial charge in [-0.05, 0) is 56.6 Å². The topological polar surface area (TPSA) is 62.1 Å². The van der Waals surface area contributed by atoms with E-state index in [9.17, 15) is 8.78 Å². The van der Waals surface area contributed by atoms with Gasteiger partial charge in [-0.25, -0.2) is 23.3 Å². The Balaban J connectivity index is 1.30. The van der Waals surface area contributed by atoms with Gasteiger partial charge in [-0.1, -0.05) is 13.8 Å². The molecule has 0 unspecified atom stereocenters. The normalized spacial score (nSPS) is 23.3. The summed E-state index contributed by atoms with van der Waals surface area (Å²) in [6.45, 7) is 8.54. The quantitative estimate of drug-likeness (QED) is 0.383. The number of pyridine rings is 1. The van der Waals surface area contributed by atoms with Crippen molar-refractivity contribution in [2.45, 2.75) is 77.2 Å². The molecule has 0 radical (unpaired) electrons. The van der Waals surface area contributed by atoms with Crippen LogP contribution >= 0.6 is 11.3 Å². The molecule has 1 aliphatic carbocycles. The van der Waals surface area contributed by atoms with E-state index in [1.165, 1.54) is 16.1 Å². The SMILES string of the molecule is Cc1c(-c2[nH]c3sc(C4CCC(N5CC(F)(F)C5)CC4)nc3c2C(C)C)cn2ncnc2c1C. The van der Waals surface area contributed by atoms with E-state index in [-0.39, 0.29) is 13.1 Å². The van der Waals surface area contributed by atoms with Gasteiger partial charge in [-0.3, -0.25) is 4.90 Å². The lowest BCUT2D eigenvalue weighted by Crippen LogP contribution is -2.60. The molecule has 2 aliphatic rings. The molecule has 4 aromatic rings. The molecule has 0 atom stereocenters. The maximum absolute atomic E-state index is 13.3. The number of thiazole rings is 1. The van der Waals surface area contributed by atoms with Gasteiger partial charge in [0.1, 0.15) is 16.7 Å². The summed E-state index contributed by atoms with van der Waals surface area (Å²) in [7, 11) is 0. The maximum atomic E-state index is 13.3. The van der Waals surface area contributed by atoms with E-state index in [1.54, 1.807) is 17.7 Å². The first kappa shape index (κ1) is 22.1. The first-order chi connectivity index (χ1) is 16.2. The van der Waals surface area contributed by atoms with Gasteiger partial charge in [0.15, 0.2) is 5.65 Å². The van der Waals surface area contributed by atoms with Crippen molar-refractivity contribution < 1.29 is 8.78 Å². The number of rotatable bonds is 4. The summed E-state index contributed by atoms with van der Waals surface area (Å²) in [5, 5.41) is 5.55. The molecule has 4 aromatic heterocycles. The summed E-state index contributed by atoms with van der Waals surface area (Å²) in [6, 6.07) is 0.302. The minimum atomic E-state index is -2.48. The highest BCUT2D eigenvalue weighted by Gasteiger charge is 2.47. The summed E-state index contributed by atoms with van der Waals surface area (Å²) in [5.41, 5.74) is 7.80. The molecule has 0 bridgehead atoms. The van der Waals surface area contributed by atoms with Gasteiger partial charge in [-0.15, -0.1) is 11.3 Å². The second-order valence-corrected chi connectivity index (χ2v) is 11.4. The Hall–Kier alpha value is -2.39. The molecular weight excluding hydrogens is 454 g/mol. The third-order valence-corrected chi connectivity index (χ3v) is 8.94. The van der Waals surface area contributed by atoms with Crippen molar-refractivity contribution in [3.05, 3.63) is 34.2 Å². The molecule has 180 valence electrons. The average molecular weight is 485 g/mol. The Kier molecular flexibility index (Phi) is 5.08. The second kappa shape index (κ2) is 7.81. The number of hydrogen-bond acceptors (Lipinski definition) is 5. The van der Waals surface area contributed by atoms with Crippen LogP contribution in [0.2, 0.25) is 0 Å². The van der Waals surface area contributed by atoms with Crippen molar-refractivity contribution in [1.82, 2.24) is 29.5 Å². The van der Waals surface area contributed by atoms with Crippen LogP contribution in [0.5, 0.6) is 0 Å². The number of hydrogen-bond donors (Lipinski definition) is 1. The molecule has 1 saturated carbocycles. The Bertz CT molecular complexity index is 1370. The Morgan fingerprint density at radius 1 is 1.12 bits per heavy atom. The third kappa shape index (κ3) is 3.47. The summed E-state index contributed by atoms with van der Waals surface area (Å²) in [5.74, 6) is -1.75. The van der Waals surface area contributed by atoms with Crippen molar-refractivity contribution >= 4 is 27.3 Å². The smallest absolute Gasteiger partial charge is 0.272 e. The van der Waals surface area contributed by atoms with Crippen LogP contribution in [-0.2, 0) is 0 Å². The van der Waals surface area contributed by atoms with Crippen LogP contribution in [0.1, 0.15) is 73.1 Å². The molecule has 5 heterocycles. The lowest BCUT2D eigenvalue weighted by Gasteiger charge is -2.46. The maximum Gasteiger partial charge on any atom is 0.272 e. The Labute approximate surface area is 201 Å². The number of alkyl halides is 2. The number of fused-ring (bicyclic) bond motifs is 2. The van der Waals surface area contributed by atoms with E-state index in [4.69, 9.17) is 4.98 Å². The van der Waals surface area contributed by atoms with Gasteiger partial charge in [0.05, 0.1) is 23.8 Å². The van der Waals surface area contributed by atoms with Gasteiger partial charge in [0.2, 0.25) is 0 Å². The lowest BCUT2D eigenvalue weighted by molar-refractivity contribution is -0.150. The number of halogens is 2. The van der Waals surface area contributed by atoms with Crippen molar-refractivity contribution in [3.63, 3.8) is 0 Å². The zero-order valence-electron chi connectivity index (χ0n) is 20.0. The Morgan fingerprint density at radius 3 is 2.53 bits per heavy atom. The van der Waals surface area contributed by atoms with E-state index in [1.807, 2.05) is 9.42 Å². The van der Waals surface area contributed by atoms with Crippen LogP contribution in [-0.4, -0.2) is 54.5 Å². The zero-order chi connectivity index (χ0) is 23.8. The fraction of sp³-hybridized carbons (Fsp3) is 0.560. The number of H-pyrrole nitrogens is 1. The standard InChI is InChI=1S/C25H30F2N6S/c1-13(2)19-20(18-9-33-22(28-12-29-33)15(4)14(18)3)30-24-21(19)31-23(34-24)16-5-7-17(8-6-16)32-10-25(26,27)11-32/h9,12-13,16-17,30H,5-8,10-11H2,1-4H3. The molecule has 34 heavy (non-hydrogen) atoms. The van der Waals surface area contributed by atoms with E-state index >= 15 is 0 Å². The van der Waals surface area contributed by atoms with Gasteiger partial charge in [0, 0.05) is 29.3 Å². The van der Waals surface area contributed by atoms with Crippen LogP contribution in [0, 0.1) is 13.8 Å². The van der Waals surface area contributed by atoms with E-state index in [0.29, 0.717) is 17.9 Å². The van der Waals surface area contributed by atoms with Gasteiger partial charge in [0.25, 0.3) is 5.92 Å². The summed E-state index contributed by atoms with van der Waals surface area (Å²) < 4.78 is 28.4. The number of aromatic nitrogens is 5. The largest absolute Gasteiger partial charge is 0.345 e. The molecule has 6 rings (SSSR count). The minimum absolute atomic E-state index is 0.0671. The molecular formula is C25H30F2N6S. The van der Waals surface area contributed by atoms with Crippen LogP contribution in [0.3, 0.4) is 0 Å². The predicted molar refractivity (Wildman–Crippen MR) is 131 cm³/mol. The monoisotopic (exact) mass is 484 g/mol. The van der Waals surface area contributed by atoms with Crippen molar-refractivity contribution in [1.29, 1.82) is 0 Å². The summed E-state index contributed by atoms with van der Waals surface area (Å²) in [4.78, 5) is 16.3. The number of likely N-dealkylation sites (tertiary alicyclic amines) is 1. The highest BCUT2D eigenvalue weighted by Crippen LogP contribution is 2.44. The number of aryl methyl sites for hydroxylation is 1. The first-order valence-electron chi connectivity index (χ1n) is 12.2. The van der Waals surface area contributed by atoms with Crippen LogP contribution in [0.15, 0.2) is 12.5 Å². The zero-order valence-corrected chi connectivity index (χ0v) is 20.8. The fourth-order valence-corrected chi connectivity index (χ4v) is 6.95. The molecule has 1 aliphatic heterocycles. The molecule has 6 nitrogen and oxygen atoms in total. The molecule has 1 saturated heterocycles. The molecule has 9 heteroatoms. The number of nitrogens with one attached hydrogen (secondary N) is 1. The van der Waals surface area contributed by atoms with Gasteiger partial charge in [-0.2, -0.15) is 5.10 Å². The van der Waals surface area contributed by atoms with Crippen molar-refractivity contribution in [2.75, 3.05) is 13.1 Å². The minimum Gasteiger partial charge on any atom is -0.345 e. The summed E-state index contributed by atoms with van der Waals surface area (Å²) >= 11 is 1.76. The van der Waals surface area contributed by atoms with Crippen LogP contribution in [0.25, 0.3) is 27.3 Å². The van der Waals surface area contributed by atoms with Gasteiger partial charge < -0.3 is 4.98 Å². The Morgan fingerprint density at radius 2 is 1.85 bits per heavy atom. The van der Waals surface area contributed by atoms with Crippen molar-refractivity contribution in [3.8, 4) is 11.3 Å². The van der Waals surface area contributed by atoms with E-state index in [2.05, 4.69) is 49.0 Å². The fourth-order valence-electron chi connectivity index (χ4n) is 5.80. The molecule has 0 spiro atoms. The second-order valence-electron chi connectivity index (χ2n) is 10.4. The lowest BCUT2D eigenvalue weighted by atomic mass is 9.84. The average Bonchev–Trinajstić information content (AvgIpc) is 3.48.